The summed E-state index contributed by atoms with van der Waals surface area (Å²) >= 11 is 0. The van der Waals surface area contributed by atoms with Gasteiger partial charge in [0.15, 0.2) is 5.71 Å². The number of benzene rings is 4. The average Bonchev–Trinajstić information content (AvgIpc) is 3.19. The number of hydrogen-bond acceptors (Lipinski definition) is 5. The van der Waals surface area contributed by atoms with Crippen LogP contribution in [0.25, 0.3) is 11.1 Å². The van der Waals surface area contributed by atoms with Crippen molar-refractivity contribution in [1.82, 2.24) is 0 Å². The van der Waals surface area contributed by atoms with Gasteiger partial charge in [0.25, 0.3) is 5.91 Å². The highest BCUT2D eigenvalue weighted by atomic mass is 19.4. The van der Waals surface area contributed by atoms with Crippen molar-refractivity contribution in [1.29, 1.82) is 0 Å². The van der Waals surface area contributed by atoms with E-state index in [1.807, 2.05) is 13.8 Å². The lowest BCUT2D eigenvalue weighted by molar-refractivity contribution is -0.137. The first kappa shape index (κ1) is 26.5. The van der Waals surface area contributed by atoms with Crippen LogP contribution in [0.3, 0.4) is 0 Å². The van der Waals surface area contributed by atoms with Crippen LogP contribution in [0.4, 0.5) is 30.2 Å². The van der Waals surface area contributed by atoms with Crippen LogP contribution in [0, 0.1) is 13.8 Å². The van der Waals surface area contributed by atoms with Crippen molar-refractivity contribution in [2.24, 2.45) is 5.10 Å². The molecule has 1 aliphatic heterocycles. The van der Waals surface area contributed by atoms with Gasteiger partial charge >= 0.3 is 12.1 Å². The lowest BCUT2D eigenvalue weighted by Gasteiger charge is -2.19. The second-order valence-electron chi connectivity index (χ2n) is 9.30. The second-order valence-corrected chi connectivity index (χ2v) is 9.30. The fraction of sp³-hybridized carbons (Fsp3) is 0.100. The van der Waals surface area contributed by atoms with Crippen molar-refractivity contribution in [3.8, 4) is 16.9 Å². The van der Waals surface area contributed by atoms with E-state index in [0.29, 0.717) is 16.8 Å². The lowest BCUT2D eigenvalue weighted by Crippen LogP contribution is -2.26. The maximum absolute atomic E-state index is 13.6. The summed E-state index contributed by atoms with van der Waals surface area (Å²) < 4.78 is 40.7. The predicted octanol–water partition coefficient (Wildman–Crippen LogP) is 6.89. The number of amides is 1. The van der Waals surface area contributed by atoms with Crippen LogP contribution in [0.1, 0.15) is 32.6 Å². The van der Waals surface area contributed by atoms with E-state index in [1.165, 1.54) is 29.2 Å². The Kier molecular flexibility index (Phi) is 6.54. The monoisotopic (exact) mass is 545 g/mol. The van der Waals surface area contributed by atoms with Gasteiger partial charge in [0.2, 0.25) is 0 Å². The van der Waals surface area contributed by atoms with Crippen molar-refractivity contribution in [2.75, 3.05) is 10.3 Å². The third-order valence-electron chi connectivity index (χ3n) is 6.72. The minimum atomic E-state index is -4.62. The van der Waals surface area contributed by atoms with E-state index in [9.17, 15) is 33.0 Å². The number of rotatable bonds is 5. The number of anilines is 3. The van der Waals surface area contributed by atoms with E-state index < -0.39 is 23.6 Å². The smallest absolute Gasteiger partial charge is 0.416 e. The van der Waals surface area contributed by atoms with E-state index in [-0.39, 0.29) is 34.0 Å². The number of carbonyl (C=O) groups excluding carboxylic acids is 1. The molecule has 0 spiro atoms. The SMILES string of the molecule is Cc1ccc(N2C(=O)/C(=N\Nc3cccc(-c4cccc(C(=O)O)c4)c3O)c3ccc(C(F)(F)F)cc32)cc1C. The largest absolute Gasteiger partial charge is 0.505 e. The molecule has 1 aliphatic rings. The van der Waals surface area contributed by atoms with Gasteiger partial charge in [-0.05, 0) is 79.1 Å². The first-order valence-corrected chi connectivity index (χ1v) is 12.1. The topological polar surface area (TPSA) is 102 Å². The number of fused-ring (bicyclic) bond motifs is 1. The molecular weight excluding hydrogens is 523 g/mol. The normalized spacial score (nSPS) is 14.0. The molecule has 1 amide bonds. The van der Waals surface area contributed by atoms with Crippen molar-refractivity contribution in [3.63, 3.8) is 0 Å². The van der Waals surface area contributed by atoms with Crippen LogP contribution < -0.4 is 10.3 Å². The third kappa shape index (κ3) is 4.75. The molecule has 0 fully saturated rings. The van der Waals surface area contributed by atoms with E-state index in [4.69, 9.17) is 0 Å². The summed E-state index contributed by atoms with van der Waals surface area (Å²) in [7, 11) is 0. The third-order valence-corrected chi connectivity index (χ3v) is 6.72. The average molecular weight is 546 g/mol. The summed E-state index contributed by atoms with van der Waals surface area (Å²) in [6, 6.07) is 18.8. The van der Waals surface area contributed by atoms with Gasteiger partial charge in [-0.25, -0.2) is 4.79 Å². The number of hydrazone groups is 1. The van der Waals surface area contributed by atoms with E-state index in [2.05, 4.69) is 10.5 Å². The quantitative estimate of drug-likeness (QED) is 0.187. The molecular formula is C30H22F3N3O4. The van der Waals surface area contributed by atoms with Gasteiger partial charge in [-0.3, -0.25) is 15.1 Å². The van der Waals surface area contributed by atoms with Gasteiger partial charge in [-0.2, -0.15) is 18.3 Å². The highest BCUT2D eigenvalue weighted by Crippen LogP contribution is 2.41. The van der Waals surface area contributed by atoms with Crippen molar-refractivity contribution in [3.05, 3.63) is 107 Å². The van der Waals surface area contributed by atoms with Gasteiger partial charge in [0.1, 0.15) is 5.75 Å². The number of carbonyl (C=O) groups is 2. The number of para-hydroxylation sites is 1. The number of aromatic carboxylic acids is 1. The fourth-order valence-corrected chi connectivity index (χ4v) is 4.46. The number of hydrogen-bond donors (Lipinski definition) is 3. The van der Waals surface area contributed by atoms with Gasteiger partial charge in [0, 0.05) is 16.8 Å². The molecule has 5 rings (SSSR count). The number of alkyl halides is 3. The zero-order chi connectivity index (χ0) is 28.8. The van der Waals surface area contributed by atoms with Gasteiger partial charge in [0.05, 0.1) is 22.5 Å². The Morgan fingerprint density at radius 2 is 1.65 bits per heavy atom. The number of phenols is 1. The van der Waals surface area contributed by atoms with E-state index >= 15 is 0 Å². The lowest BCUT2D eigenvalue weighted by atomic mass is 10.0. The summed E-state index contributed by atoms with van der Waals surface area (Å²) in [4.78, 5) is 26.1. The predicted molar refractivity (Wildman–Crippen MR) is 145 cm³/mol. The molecule has 7 nitrogen and oxygen atoms in total. The van der Waals surface area contributed by atoms with Crippen LogP contribution >= 0.6 is 0 Å². The molecule has 40 heavy (non-hydrogen) atoms. The Hall–Kier alpha value is -5.12. The zero-order valence-electron chi connectivity index (χ0n) is 21.2. The first-order valence-electron chi connectivity index (χ1n) is 12.1. The van der Waals surface area contributed by atoms with Crippen LogP contribution in [0.2, 0.25) is 0 Å². The van der Waals surface area contributed by atoms with Gasteiger partial charge < -0.3 is 10.2 Å². The number of carboxylic acids is 1. The number of aryl methyl sites for hydroxylation is 2. The molecule has 4 aromatic rings. The molecule has 10 heteroatoms. The number of nitrogens with zero attached hydrogens (tertiary/aromatic N) is 2. The number of nitrogens with one attached hydrogen (secondary N) is 1. The second kappa shape index (κ2) is 9.88. The zero-order valence-corrected chi connectivity index (χ0v) is 21.2. The fourth-order valence-electron chi connectivity index (χ4n) is 4.46. The molecule has 0 radical (unpaired) electrons. The maximum Gasteiger partial charge on any atom is 0.416 e. The van der Waals surface area contributed by atoms with E-state index in [1.54, 1.807) is 42.5 Å². The summed E-state index contributed by atoms with van der Waals surface area (Å²) in [6.07, 6.45) is -4.62. The molecule has 0 saturated heterocycles. The number of phenolic OH excluding ortho intramolecular Hbond substituents is 1. The van der Waals surface area contributed by atoms with Crippen LogP contribution in [-0.4, -0.2) is 27.8 Å². The summed E-state index contributed by atoms with van der Waals surface area (Å²) in [5, 5.41) is 24.4. The summed E-state index contributed by atoms with van der Waals surface area (Å²) in [6.45, 7) is 3.72. The number of aromatic hydroxyl groups is 1. The standard InChI is InChI=1S/C30H22F3N3O4/c1-16-9-11-21(13-17(16)2)36-25-15-20(30(31,32)33)10-12-23(25)26(28(36)38)35-34-24-8-4-7-22(27(24)37)18-5-3-6-19(14-18)29(39)40/h3-15,34,37H,1-2H3,(H,39,40)/b35-26-. The van der Waals surface area contributed by atoms with Crippen molar-refractivity contribution in [2.45, 2.75) is 20.0 Å². The van der Waals surface area contributed by atoms with Crippen LogP contribution in [0.15, 0.2) is 84.0 Å². The molecule has 0 unspecified atom stereocenters. The number of carboxylic acid groups (broad SMARTS) is 1. The van der Waals surface area contributed by atoms with Gasteiger partial charge in [-0.1, -0.05) is 30.3 Å². The Bertz CT molecular complexity index is 1710. The minimum Gasteiger partial charge on any atom is -0.505 e. The molecule has 0 aromatic heterocycles. The Morgan fingerprint density at radius 3 is 2.35 bits per heavy atom. The first-order chi connectivity index (χ1) is 19.0. The van der Waals surface area contributed by atoms with Crippen LogP contribution in [0.5, 0.6) is 5.75 Å². The summed E-state index contributed by atoms with van der Waals surface area (Å²) in [5.74, 6) is -2.02. The van der Waals surface area contributed by atoms with Crippen molar-refractivity contribution >= 4 is 34.7 Å². The molecule has 1 heterocycles. The van der Waals surface area contributed by atoms with Gasteiger partial charge in [-0.15, -0.1) is 0 Å². The Morgan fingerprint density at radius 1 is 0.900 bits per heavy atom. The summed E-state index contributed by atoms with van der Waals surface area (Å²) in [5.41, 5.74) is 4.95. The molecule has 0 atom stereocenters. The molecule has 3 N–H and O–H groups in total. The number of halogens is 3. The Balaban J connectivity index is 1.56. The molecule has 0 bridgehead atoms. The maximum atomic E-state index is 13.6. The van der Waals surface area contributed by atoms with Crippen molar-refractivity contribution < 1.29 is 33.0 Å². The highest BCUT2D eigenvalue weighted by molar-refractivity contribution is 6.55. The molecule has 0 aliphatic carbocycles. The molecule has 202 valence electrons. The van der Waals surface area contributed by atoms with E-state index in [0.717, 1.165) is 23.3 Å². The molecule has 4 aromatic carbocycles. The minimum absolute atomic E-state index is 0.0343. The highest BCUT2D eigenvalue weighted by Gasteiger charge is 2.39. The molecule has 0 saturated carbocycles. The van der Waals surface area contributed by atoms with Crippen LogP contribution in [-0.2, 0) is 11.0 Å². The Labute approximate surface area is 226 Å².